The van der Waals surface area contributed by atoms with E-state index in [4.69, 9.17) is 4.74 Å². The molecule has 110 valence electrons. The quantitative estimate of drug-likeness (QED) is 0.755. The molecule has 2 N–H and O–H groups in total. The third-order valence-corrected chi connectivity index (χ3v) is 4.22. The van der Waals surface area contributed by atoms with E-state index in [9.17, 15) is 18.3 Å². The monoisotopic (exact) mass is 301 g/mol. The van der Waals surface area contributed by atoms with Gasteiger partial charge in [0.25, 0.3) is 0 Å². The van der Waals surface area contributed by atoms with Gasteiger partial charge in [0.1, 0.15) is 10.6 Å². The lowest BCUT2D eigenvalue weighted by atomic mass is 10.2. The van der Waals surface area contributed by atoms with Crippen molar-refractivity contribution < 1.29 is 27.2 Å². The van der Waals surface area contributed by atoms with Gasteiger partial charge in [-0.15, -0.1) is 0 Å². The van der Waals surface area contributed by atoms with Crippen LogP contribution in [0.5, 0.6) is 5.75 Å². The van der Waals surface area contributed by atoms with Gasteiger partial charge in [-0.05, 0) is 37.2 Å². The highest BCUT2D eigenvalue weighted by molar-refractivity contribution is 7.87. The van der Waals surface area contributed by atoms with Crippen LogP contribution in [-0.4, -0.2) is 38.9 Å². The lowest BCUT2D eigenvalue weighted by Crippen LogP contribution is -2.49. The summed E-state index contributed by atoms with van der Waals surface area (Å²) in [5, 5.41) is 12.4. The second kappa shape index (κ2) is 5.39. The second-order valence-corrected chi connectivity index (χ2v) is 5.94. The molecular formula is C12H15NO6S. The fraction of sp³-hybridized carbons (Fsp3) is 0.417. The van der Waals surface area contributed by atoms with Crippen LogP contribution in [0.25, 0.3) is 0 Å². The van der Waals surface area contributed by atoms with E-state index in [2.05, 4.69) is 9.50 Å². The molecule has 1 saturated heterocycles. The number of methoxy groups -OCH3 is 1. The predicted molar refractivity (Wildman–Crippen MR) is 68.5 cm³/mol. The molecule has 1 aromatic carbocycles. The first kappa shape index (κ1) is 14.8. The van der Waals surface area contributed by atoms with Crippen LogP contribution < -0.4 is 10.1 Å². The number of rotatable bonds is 4. The Kier molecular flexibility index (Phi) is 3.98. The third-order valence-electron chi connectivity index (χ3n) is 3.00. The summed E-state index contributed by atoms with van der Waals surface area (Å²) in [7, 11) is -2.82. The molecule has 1 aromatic rings. The molecule has 0 aliphatic carbocycles. The molecular weight excluding hydrogens is 286 g/mol. The fourth-order valence-electron chi connectivity index (χ4n) is 1.86. The topological polar surface area (TPSA) is 102 Å². The Bertz CT molecular complexity index is 589. The molecule has 0 radical (unpaired) electrons. The van der Waals surface area contributed by atoms with Gasteiger partial charge in [-0.25, -0.2) is 4.79 Å². The van der Waals surface area contributed by atoms with Crippen molar-refractivity contribution in [3.63, 3.8) is 0 Å². The summed E-state index contributed by atoms with van der Waals surface area (Å²) in [6, 6.07) is 5.38. The molecule has 1 fully saturated rings. The third kappa shape index (κ3) is 2.92. The van der Waals surface area contributed by atoms with Crippen LogP contribution in [0.4, 0.5) is 0 Å². The van der Waals surface area contributed by atoms with Crippen LogP contribution in [0, 0.1) is 0 Å². The van der Waals surface area contributed by atoms with Crippen molar-refractivity contribution >= 4 is 16.1 Å². The highest BCUT2D eigenvalue weighted by Gasteiger charge is 2.42. The van der Waals surface area contributed by atoms with Crippen molar-refractivity contribution in [2.75, 3.05) is 13.7 Å². The highest BCUT2D eigenvalue weighted by atomic mass is 32.2. The summed E-state index contributed by atoms with van der Waals surface area (Å²) >= 11 is 0. The zero-order valence-electron chi connectivity index (χ0n) is 10.8. The summed E-state index contributed by atoms with van der Waals surface area (Å²) in [4.78, 5) is 11.6. The normalized spacial score (nSPS) is 22.5. The average molecular weight is 301 g/mol. The van der Waals surface area contributed by atoms with Crippen molar-refractivity contribution in [1.29, 1.82) is 0 Å². The number of nitrogens with one attached hydrogen (secondary N) is 1. The van der Waals surface area contributed by atoms with Gasteiger partial charge in [-0.1, -0.05) is 0 Å². The lowest BCUT2D eigenvalue weighted by molar-refractivity contribution is -0.156. The van der Waals surface area contributed by atoms with E-state index in [1.165, 1.54) is 31.4 Å². The molecule has 7 nitrogen and oxygen atoms in total. The molecule has 2 rings (SSSR count). The van der Waals surface area contributed by atoms with Crippen LogP contribution in [0.2, 0.25) is 0 Å². The number of ether oxygens (including phenoxy) is 1. The fourth-order valence-corrected chi connectivity index (χ4v) is 2.76. The van der Waals surface area contributed by atoms with Crippen LogP contribution in [0.1, 0.15) is 12.8 Å². The zero-order chi connectivity index (χ0) is 14.8. The van der Waals surface area contributed by atoms with E-state index in [0.29, 0.717) is 18.7 Å². The first-order valence-electron chi connectivity index (χ1n) is 5.98. The standard InChI is InChI=1S/C12H15NO6S/c1-18-9-3-5-10(6-4-9)20(16,17)19-11(14)12(15)7-2-8-13-12/h3-6,13,15H,2,7-8H2,1H3/t12-/m0/s1. The molecule has 1 aliphatic rings. The smallest absolute Gasteiger partial charge is 0.369 e. The minimum Gasteiger partial charge on any atom is -0.497 e. The van der Waals surface area contributed by atoms with Crippen LogP contribution in [0.15, 0.2) is 29.2 Å². The van der Waals surface area contributed by atoms with Gasteiger partial charge in [-0.3, -0.25) is 5.32 Å². The lowest BCUT2D eigenvalue weighted by Gasteiger charge is -2.19. The van der Waals surface area contributed by atoms with E-state index in [1.54, 1.807) is 0 Å². The van der Waals surface area contributed by atoms with Gasteiger partial charge in [-0.2, -0.15) is 8.42 Å². The molecule has 20 heavy (non-hydrogen) atoms. The maximum Gasteiger partial charge on any atom is 0.369 e. The summed E-state index contributed by atoms with van der Waals surface area (Å²) in [5.74, 6) is -0.739. The predicted octanol–water partition coefficient (Wildman–Crippen LogP) is -0.000900. The molecule has 1 atom stereocenters. The summed E-state index contributed by atoms with van der Waals surface area (Å²) in [6.07, 6.45) is 0.679. The van der Waals surface area contributed by atoms with E-state index in [1.807, 2.05) is 0 Å². The number of hydrogen-bond donors (Lipinski definition) is 2. The average Bonchev–Trinajstić information content (AvgIpc) is 2.87. The Hall–Kier alpha value is -1.64. The van der Waals surface area contributed by atoms with E-state index < -0.39 is 21.8 Å². The van der Waals surface area contributed by atoms with Gasteiger partial charge in [0.15, 0.2) is 0 Å². The number of aliphatic hydroxyl groups is 1. The largest absolute Gasteiger partial charge is 0.497 e. The Labute approximate surface area is 116 Å². The van der Waals surface area contributed by atoms with Crippen LogP contribution in [-0.2, 0) is 19.1 Å². The molecule has 0 aromatic heterocycles. The summed E-state index contributed by atoms with van der Waals surface area (Å²) in [6.45, 7) is 0.425. The zero-order valence-corrected chi connectivity index (χ0v) is 11.6. The van der Waals surface area contributed by atoms with Crippen molar-refractivity contribution in [3.8, 4) is 5.75 Å². The van der Waals surface area contributed by atoms with Crippen LogP contribution >= 0.6 is 0 Å². The SMILES string of the molecule is COc1ccc(S(=O)(=O)OC(=O)[C@@]2(O)CCCN2)cc1. The van der Waals surface area contributed by atoms with Gasteiger partial charge in [0, 0.05) is 6.42 Å². The van der Waals surface area contributed by atoms with Crippen molar-refractivity contribution in [2.24, 2.45) is 0 Å². The van der Waals surface area contributed by atoms with Gasteiger partial charge in [0.05, 0.1) is 7.11 Å². The van der Waals surface area contributed by atoms with Crippen molar-refractivity contribution in [2.45, 2.75) is 23.5 Å². The Morgan fingerprint density at radius 3 is 2.50 bits per heavy atom. The number of carbonyl (C=O) groups excluding carboxylic acids is 1. The summed E-state index contributed by atoms with van der Waals surface area (Å²) in [5.41, 5.74) is -1.93. The molecule has 0 saturated carbocycles. The van der Waals surface area contributed by atoms with E-state index >= 15 is 0 Å². The number of benzene rings is 1. The van der Waals surface area contributed by atoms with E-state index in [0.717, 1.165) is 0 Å². The first-order valence-corrected chi connectivity index (χ1v) is 7.39. The minimum absolute atomic E-state index is 0.115. The Morgan fingerprint density at radius 1 is 1.35 bits per heavy atom. The van der Waals surface area contributed by atoms with Crippen molar-refractivity contribution in [3.05, 3.63) is 24.3 Å². The summed E-state index contributed by atoms with van der Waals surface area (Å²) < 4.78 is 33.2. The van der Waals surface area contributed by atoms with Gasteiger partial charge >= 0.3 is 16.1 Å². The Morgan fingerprint density at radius 2 is 2.00 bits per heavy atom. The maximum atomic E-state index is 11.9. The molecule has 0 spiro atoms. The molecule has 0 bridgehead atoms. The molecule has 0 amide bonds. The second-order valence-electron chi connectivity index (χ2n) is 4.39. The number of carbonyl (C=O) groups is 1. The number of hydrogen-bond acceptors (Lipinski definition) is 7. The molecule has 0 unspecified atom stereocenters. The molecule has 1 aliphatic heterocycles. The molecule has 1 heterocycles. The van der Waals surface area contributed by atoms with Crippen molar-refractivity contribution in [1.82, 2.24) is 5.32 Å². The van der Waals surface area contributed by atoms with Crippen LogP contribution in [0.3, 0.4) is 0 Å². The Balaban J connectivity index is 2.16. The highest BCUT2D eigenvalue weighted by Crippen LogP contribution is 2.22. The van der Waals surface area contributed by atoms with Gasteiger partial charge < -0.3 is 14.0 Å². The first-order chi connectivity index (χ1) is 9.37. The van der Waals surface area contributed by atoms with Gasteiger partial charge in [0.2, 0.25) is 5.72 Å². The minimum atomic E-state index is -4.27. The van der Waals surface area contributed by atoms with E-state index in [-0.39, 0.29) is 11.3 Å². The maximum absolute atomic E-state index is 11.9. The molecule has 8 heteroatoms.